The molecule has 0 spiro atoms. The van der Waals surface area contributed by atoms with E-state index >= 15 is 0 Å². The summed E-state index contributed by atoms with van der Waals surface area (Å²) in [6, 6.07) is 9.77. The number of nitrogens with one attached hydrogen (secondary N) is 2. The molecular formula is C45H56N6O9. The van der Waals surface area contributed by atoms with Crippen LogP contribution in [0.4, 0.5) is 9.59 Å². The Morgan fingerprint density at radius 1 is 0.733 bits per heavy atom. The van der Waals surface area contributed by atoms with Crippen molar-refractivity contribution in [1.29, 1.82) is 0 Å². The third kappa shape index (κ3) is 8.05. The molecule has 2 aromatic heterocycles. The van der Waals surface area contributed by atoms with Gasteiger partial charge in [-0.05, 0) is 61.8 Å². The lowest BCUT2D eigenvalue weighted by Crippen LogP contribution is -2.51. The summed E-state index contributed by atoms with van der Waals surface area (Å²) >= 11 is 0. The third-order valence-electron chi connectivity index (χ3n) is 12.7. The third-order valence-corrected chi connectivity index (χ3v) is 12.7. The number of amides is 4. The predicted molar refractivity (Wildman–Crippen MR) is 221 cm³/mol. The Hall–Kier alpha value is -5.86. The highest BCUT2D eigenvalue weighted by Gasteiger charge is 2.41. The van der Waals surface area contributed by atoms with Crippen LogP contribution in [0.15, 0.2) is 57.6 Å². The monoisotopic (exact) mass is 824 g/mol. The highest BCUT2D eigenvalue weighted by molar-refractivity contribution is 5.87. The van der Waals surface area contributed by atoms with Gasteiger partial charge in [-0.15, -0.1) is 0 Å². The first-order valence-electron chi connectivity index (χ1n) is 21.0. The average molecular weight is 825 g/mol. The van der Waals surface area contributed by atoms with Crippen LogP contribution >= 0.6 is 0 Å². The molecule has 2 fully saturated rings. The van der Waals surface area contributed by atoms with Crippen molar-refractivity contribution in [3.05, 3.63) is 71.7 Å². The summed E-state index contributed by atoms with van der Waals surface area (Å²) < 4.78 is 28.9. The van der Waals surface area contributed by atoms with Gasteiger partial charge in [0.15, 0.2) is 11.5 Å². The normalized spacial score (nSPS) is 19.9. The fourth-order valence-corrected chi connectivity index (χ4v) is 8.62. The topological polar surface area (TPSA) is 179 Å². The second-order valence-corrected chi connectivity index (χ2v) is 16.7. The van der Waals surface area contributed by atoms with Crippen LogP contribution in [0.2, 0.25) is 0 Å². The van der Waals surface area contributed by atoms with Crippen LogP contribution in [0.3, 0.4) is 0 Å². The molecule has 0 saturated carbocycles. The van der Waals surface area contributed by atoms with Crippen molar-refractivity contribution in [3.8, 4) is 34.1 Å². The number of methoxy groups -OCH3 is 2. The lowest BCUT2D eigenvalue weighted by Gasteiger charge is -2.35. The number of carbonyl (C=O) groups is 4. The van der Waals surface area contributed by atoms with E-state index in [0.29, 0.717) is 73.6 Å². The number of alkyl carbamates (subject to hydrolysis) is 2. The van der Waals surface area contributed by atoms with Gasteiger partial charge in [-0.25, -0.2) is 19.6 Å². The number of carbonyl (C=O) groups excluding carboxylic acids is 4. The fourth-order valence-electron chi connectivity index (χ4n) is 8.62. The Labute approximate surface area is 350 Å². The number of benzene rings is 2. The first kappa shape index (κ1) is 42.3. The van der Waals surface area contributed by atoms with Crippen molar-refractivity contribution in [2.45, 2.75) is 110 Å². The summed E-state index contributed by atoms with van der Waals surface area (Å²) in [5, 5.41) is 5.47. The van der Waals surface area contributed by atoms with Crippen LogP contribution in [0.1, 0.15) is 115 Å². The lowest BCUT2D eigenvalue weighted by molar-refractivity contribution is -0.136. The van der Waals surface area contributed by atoms with Crippen molar-refractivity contribution in [2.75, 3.05) is 27.3 Å². The average Bonchev–Trinajstić information content (AvgIpc) is 4.10. The van der Waals surface area contributed by atoms with Crippen LogP contribution < -0.4 is 15.4 Å². The largest absolute Gasteiger partial charge is 0.457 e. The molecule has 3 aliphatic heterocycles. The summed E-state index contributed by atoms with van der Waals surface area (Å²) in [5.74, 6) is 2.90. The molecule has 3 aliphatic rings. The van der Waals surface area contributed by atoms with Gasteiger partial charge in [-0.1, -0.05) is 66.5 Å². The van der Waals surface area contributed by atoms with Crippen molar-refractivity contribution in [1.82, 2.24) is 30.4 Å². The summed E-state index contributed by atoms with van der Waals surface area (Å²) in [5.41, 5.74) is 3.14. The molecule has 60 heavy (non-hydrogen) atoms. The summed E-state index contributed by atoms with van der Waals surface area (Å²) in [6.07, 6.45) is 6.48. The zero-order valence-corrected chi connectivity index (χ0v) is 35.7. The van der Waals surface area contributed by atoms with E-state index in [4.69, 9.17) is 23.0 Å². The molecule has 0 bridgehead atoms. The molecule has 7 rings (SSSR count). The van der Waals surface area contributed by atoms with Gasteiger partial charge >= 0.3 is 12.2 Å². The van der Waals surface area contributed by atoms with Gasteiger partial charge in [0.05, 0.1) is 26.6 Å². The van der Waals surface area contributed by atoms with Crippen molar-refractivity contribution in [2.24, 2.45) is 11.8 Å². The molecule has 15 heteroatoms. The van der Waals surface area contributed by atoms with Gasteiger partial charge in [0.1, 0.15) is 35.7 Å². The standard InChI is InChI=1S/C45H56N6O9/c1-9-25(3)37(48-43(54)56-7)41(52)50-19-11-13-31(50)39-46-23-35(59-39)27-16-18-33-30(21-27)45(5,6)29-17-15-28(22-34(29)58-33)36-24-47-40(60-36)32-14-12-20-51(32)42(53)38(26(4)10-2)49-44(55)57-8/h15-18,21-26,31-32,37-38H,9-14,19-20H2,1-8H3,(H,48,54)(H,49,55)/t25-,26-,31-,32-,37-,38-/m0/s1. The Kier molecular flexibility index (Phi) is 12.3. The van der Waals surface area contributed by atoms with E-state index < -0.39 is 29.7 Å². The van der Waals surface area contributed by atoms with Crippen molar-refractivity contribution in [3.63, 3.8) is 0 Å². The molecule has 0 radical (unpaired) electrons. The quantitative estimate of drug-likeness (QED) is 0.140. The molecule has 6 atom stereocenters. The SMILES string of the molecule is CC[C@H](C)[C@H](NC(=O)OC)C(=O)N1CCC[C@H]1c1ncc(-c2ccc3c(c2)Oc2ccc(-c4cnc([C@@H]5CCCN5C(=O)[C@@H](NC(=O)OC)[C@@H](C)CC)o4)cc2C3(C)C)o1. The van der Waals surface area contributed by atoms with Crippen molar-refractivity contribution < 1.29 is 42.2 Å². The number of fused-ring (bicyclic) bond motifs is 2. The van der Waals surface area contributed by atoms with Gasteiger partial charge in [-0.2, -0.15) is 0 Å². The minimum Gasteiger partial charge on any atom is -0.457 e. The van der Waals surface area contributed by atoms with E-state index in [2.05, 4.69) is 40.5 Å². The molecule has 5 heterocycles. The summed E-state index contributed by atoms with van der Waals surface area (Å²) in [7, 11) is 2.57. The number of ether oxygens (including phenoxy) is 3. The van der Waals surface area contributed by atoms with E-state index in [-0.39, 0.29) is 35.7 Å². The van der Waals surface area contributed by atoms with Crippen LogP contribution in [-0.4, -0.2) is 83.2 Å². The zero-order chi connectivity index (χ0) is 42.9. The second-order valence-electron chi connectivity index (χ2n) is 16.7. The molecule has 0 aliphatic carbocycles. The molecule has 320 valence electrons. The molecule has 2 aromatic carbocycles. The van der Waals surface area contributed by atoms with Crippen LogP contribution in [0.25, 0.3) is 22.6 Å². The summed E-state index contributed by atoms with van der Waals surface area (Å²) in [6.45, 7) is 13.2. The Balaban J connectivity index is 1.08. The highest BCUT2D eigenvalue weighted by atomic mass is 16.5. The van der Waals surface area contributed by atoms with Crippen LogP contribution in [-0.2, 0) is 24.5 Å². The van der Waals surface area contributed by atoms with Gasteiger partial charge < -0.3 is 43.5 Å². The smallest absolute Gasteiger partial charge is 0.407 e. The second kappa shape index (κ2) is 17.4. The van der Waals surface area contributed by atoms with E-state index in [0.717, 1.165) is 35.1 Å². The highest BCUT2D eigenvalue weighted by Crippen LogP contribution is 2.50. The lowest BCUT2D eigenvalue weighted by atomic mass is 9.75. The molecule has 2 saturated heterocycles. The molecule has 2 N–H and O–H groups in total. The number of oxazole rings is 2. The Morgan fingerprint density at radius 2 is 1.22 bits per heavy atom. The van der Waals surface area contributed by atoms with Gasteiger partial charge in [0, 0.05) is 40.8 Å². The maximum atomic E-state index is 13.8. The first-order chi connectivity index (χ1) is 28.8. The maximum Gasteiger partial charge on any atom is 0.407 e. The molecule has 4 amide bonds. The Morgan fingerprint density at radius 3 is 1.70 bits per heavy atom. The molecule has 0 unspecified atom stereocenters. The zero-order valence-electron chi connectivity index (χ0n) is 35.7. The predicted octanol–water partition coefficient (Wildman–Crippen LogP) is 8.30. The Bertz CT molecular complexity index is 2230. The number of hydrogen-bond donors (Lipinski definition) is 2. The number of hydrogen-bond acceptors (Lipinski definition) is 11. The number of nitrogens with zero attached hydrogens (tertiary/aromatic N) is 4. The van der Waals surface area contributed by atoms with Crippen LogP contribution in [0.5, 0.6) is 11.5 Å². The molecule has 15 nitrogen and oxygen atoms in total. The first-order valence-corrected chi connectivity index (χ1v) is 21.0. The van der Waals surface area contributed by atoms with E-state index in [1.54, 1.807) is 22.2 Å². The van der Waals surface area contributed by atoms with Gasteiger partial charge in [-0.3, -0.25) is 9.59 Å². The van der Waals surface area contributed by atoms with Crippen molar-refractivity contribution >= 4 is 24.0 Å². The van der Waals surface area contributed by atoms with E-state index in [9.17, 15) is 19.2 Å². The number of aromatic nitrogens is 2. The number of rotatable bonds is 12. The van der Waals surface area contributed by atoms with Gasteiger partial charge in [0.25, 0.3) is 0 Å². The molecular weight excluding hydrogens is 769 g/mol. The minimum absolute atomic E-state index is 0.0926. The number of likely N-dealkylation sites (tertiary alicyclic amines) is 2. The fraction of sp³-hybridized carbons (Fsp3) is 0.511. The minimum atomic E-state index is -0.724. The maximum absolute atomic E-state index is 13.8. The van der Waals surface area contributed by atoms with Gasteiger partial charge in [0.2, 0.25) is 23.6 Å². The van der Waals surface area contributed by atoms with E-state index in [1.807, 2.05) is 58.0 Å². The van der Waals surface area contributed by atoms with E-state index in [1.165, 1.54) is 14.2 Å². The molecule has 4 aromatic rings. The summed E-state index contributed by atoms with van der Waals surface area (Å²) in [4.78, 5) is 64.6. The van der Waals surface area contributed by atoms with Crippen LogP contribution in [0, 0.1) is 11.8 Å².